The van der Waals surface area contributed by atoms with Crippen molar-refractivity contribution < 1.29 is 8.42 Å². The smallest absolute Gasteiger partial charge is 0.264 e. The van der Waals surface area contributed by atoms with Crippen molar-refractivity contribution in [2.24, 2.45) is 5.73 Å². The number of hydrogen-bond donors (Lipinski definition) is 2. The van der Waals surface area contributed by atoms with Crippen molar-refractivity contribution in [3.63, 3.8) is 0 Å². The Labute approximate surface area is 130 Å². The summed E-state index contributed by atoms with van der Waals surface area (Å²) in [7, 11) is -3.82. The average molecular weight is 372 g/mol. The molecule has 0 atom stereocenters. The summed E-state index contributed by atoms with van der Waals surface area (Å²) < 4.78 is 27.9. The third-order valence-electron chi connectivity index (χ3n) is 2.41. The lowest BCUT2D eigenvalue weighted by atomic mass is 10.3. The summed E-state index contributed by atoms with van der Waals surface area (Å²) in [4.78, 5) is 3.79. The fraction of sp³-hybridized carbons (Fsp3) is 0. The molecule has 1 heterocycles. The minimum absolute atomic E-state index is 0.0525. The molecule has 5 nitrogen and oxygen atoms in total. The van der Waals surface area contributed by atoms with E-state index in [-0.39, 0.29) is 15.6 Å². The topological polar surface area (TPSA) is 85.1 Å². The van der Waals surface area contributed by atoms with Gasteiger partial charge in [0.2, 0.25) is 0 Å². The molecule has 2 rings (SSSR count). The van der Waals surface area contributed by atoms with Crippen LogP contribution in [0.3, 0.4) is 0 Å². The minimum atomic E-state index is -3.82. The lowest BCUT2D eigenvalue weighted by Crippen LogP contribution is -2.21. The van der Waals surface area contributed by atoms with Gasteiger partial charge in [-0.3, -0.25) is 9.71 Å². The summed E-state index contributed by atoms with van der Waals surface area (Å²) in [6.07, 6.45) is 1.44. The van der Waals surface area contributed by atoms with Gasteiger partial charge >= 0.3 is 0 Å². The molecule has 0 aliphatic carbocycles. The summed E-state index contributed by atoms with van der Waals surface area (Å²) in [5, 5.41) is 0. The Morgan fingerprint density at radius 2 is 1.95 bits per heavy atom. The highest BCUT2D eigenvalue weighted by Gasteiger charge is 2.21. The van der Waals surface area contributed by atoms with Gasteiger partial charge in [-0.05, 0) is 40.2 Å². The molecule has 0 bridgehead atoms. The van der Waals surface area contributed by atoms with E-state index in [9.17, 15) is 8.42 Å². The van der Waals surface area contributed by atoms with Crippen LogP contribution in [0.2, 0.25) is 0 Å². The van der Waals surface area contributed by atoms with E-state index in [0.717, 1.165) is 0 Å². The molecule has 8 heteroatoms. The predicted molar refractivity (Wildman–Crippen MR) is 85.1 cm³/mol. The van der Waals surface area contributed by atoms with Crippen molar-refractivity contribution in [3.8, 4) is 0 Å². The average Bonchev–Trinajstić information content (AvgIpc) is 2.41. The highest BCUT2D eigenvalue weighted by atomic mass is 79.9. The van der Waals surface area contributed by atoms with Crippen molar-refractivity contribution in [3.05, 3.63) is 52.8 Å². The van der Waals surface area contributed by atoms with Gasteiger partial charge in [-0.25, -0.2) is 8.42 Å². The molecule has 0 saturated carbocycles. The Bertz CT molecular complexity index is 763. The van der Waals surface area contributed by atoms with Crippen LogP contribution < -0.4 is 10.5 Å². The van der Waals surface area contributed by atoms with Crippen molar-refractivity contribution in [2.75, 3.05) is 4.72 Å². The molecule has 1 aromatic carbocycles. The fourth-order valence-corrected chi connectivity index (χ4v) is 3.53. The zero-order valence-corrected chi connectivity index (χ0v) is 13.3. The number of pyridine rings is 1. The Morgan fingerprint density at radius 3 is 2.60 bits per heavy atom. The first-order valence-electron chi connectivity index (χ1n) is 5.44. The minimum Gasteiger partial charge on any atom is -0.388 e. The molecule has 0 amide bonds. The predicted octanol–water partition coefficient (Wildman–Crippen LogP) is 2.28. The zero-order chi connectivity index (χ0) is 14.8. The zero-order valence-electron chi connectivity index (χ0n) is 10.1. The lowest BCUT2D eigenvalue weighted by molar-refractivity contribution is 0.600. The third-order valence-corrected chi connectivity index (χ3v) is 4.69. The lowest BCUT2D eigenvalue weighted by Gasteiger charge is -2.11. The van der Waals surface area contributed by atoms with E-state index < -0.39 is 10.0 Å². The quantitative estimate of drug-likeness (QED) is 0.805. The number of nitrogens with one attached hydrogen (secondary N) is 1. The van der Waals surface area contributed by atoms with Crippen LogP contribution in [0.4, 0.5) is 5.69 Å². The van der Waals surface area contributed by atoms with Gasteiger partial charge in [-0.2, -0.15) is 0 Å². The number of anilines is 1. The van der Waals surface area contributed by atoms with Crippen LogP contribution in [0.15, 0.2) is 52.0 Å². The standard InChI is InChI=1S/C12H10BrN3O2S2/c13-8-4-1-2-5-9(8)16-20(17,18)10-6-3-7-15-11(10)12(14)19/h1-7,16H,(H2,14,19). The summed E-state index contributed by atoms with van der Waals surface area (Å²) in [6.45, 7) is 0. The van der Waals surface area contributed by atoms with Crippen molar-refractivity contribution in [2.45, 2.75) is 4.90 Å². The van der Waals surface area contributed by atoms with E-state index >= 15 is 0 Å². The van der Waals surface area contributed by atoms with Crippen LogP contribution in [0.5, 0.6) is 0 Å². The van der Waals surface area contributed by atoms with Gasteiger partial charge < -0.3 is 5.73 Å². The van der Waals surface area contributed by atoms with Crippen LogP contribution in [0, 0.1) is 0 Å². The molecular weight excluding hydrogens is 362 g/mol. The molecule has 2 aromatic rings. The molecule has 3 N–H and O–H groups in total. The summed E-state index contributed by atoms with van der Waals surface area (Å²) in [5.41, 5.74) is 5.99. The molecule has 0 aliphatic rings. The molecule has 20 heavy (non-hydrogen) atoms. The largest absolute Gasteiger partial charge is 0.388 e. The maximum Gasteiger partial charge on any atom is 0.264 e. The van der Waals surface area contributed by atoms with Gasteiger partial charge in [0, 0.05) is 10.7 Å². The van der Waals surface area contributed by atoms with Crippen molar-refractivity contribution in [1.82, 2.24) is 4.98 Å². The monoisotopic (exact) mass is 371 g/mol. The van der Waals surface area contributed by atoms with E-state index in [1.807, 2.05) is 0 Å². The second-order valence-electron chi connectivity index (χ2n) is 3.80. The van der Waals surface area contributed by atoms with Crippen molar-refractivity contribution in [1.29, 1.82) is 0 Å². The Morgan fingerprint density at radius 1 is 1.25 bits per heavy atom. The first-order valence-corrected chi connectivity index (χ1v) is 8.12. The van der Waals surface area contributed by atoms with Gasteiger partial charge in [-0.1, -0.05) is 24.4 Å². The number of sulfonamides is 1. The summed E-state index contributed by atoms with van der Waals surface area (Å²) in [6, 6.07) is 9.79. The molecule has 1 aromatic heterocycles. The van der Waals surface area contributed by atoms with Crippen molar-refractivity contribution >= 4 is 48.8 Å². The van der Waals surface area contributed by atoms with Gasteiger partial charge in [0.05, 0.1) is 5.69 Å². The third kappa shape index (κ3) is 3.14. The molecule has 104 valence electrons. The SMILES string of the molecule is NC(=S)c1ncccc1S(=O)(=O)Nc1ccccc1Br. The van der Waals surface area contributed by atoms with Gasteiger partial charge in [0.15, 0.2) is 0 Å². The molecule has 0 spiro atoms. The molecule has 0 saturated heterocycles. The highest BCUT2D eigenvalue weighted by Crippen LogP contribution is 2.25. The van der Waals surface area contributed by atoms with Crippen LogP contribution in [0.1, 0.15) is 5.69 Å². The molecule has 0 aliphatic heterocycles. The summed E-state index contributed by atoms with van der Waals surface area (Å²) >= 11 is 8.10. The highest BCUT2D eigenvalue weighted by molar-refractivity contribution is 9.10. The maximum absolute atomic E-state index is 12.4. The fourth-order valence-electron chi connectivity index (χ4n) is 1.54. The van der Waals surface area contributed by atoms with Crippen LogP contribution in [-0.2, 0) is 10.0 Å². The number of aromatic nitrogens is 1. The van der Waals surface area contributed by atoms with Crippen LogP contribution >= 0.6 is 28.1 Å². The second-order valence-corrected chi connectivity index (χ2v) is 6.74. The number of nitrogens with two attached hydrogens (primary N) is 1. The number of para-hydroxylation sites is 1. The number of halogens is 1. The maximum atomic E-state index is 12.4. The van der Waals surface area contributed by atoms with E-state index in [2.05, 4.69) is 25.6 Å². The van der Waals surface area contributed by atoms with E-state index in [1.165, 1.54) is 18.3 Å². The van der Waals surface area contributed by atoms with E-state index in [4.69, 9.17) is 18.0 Å². The Balaban J connectivity index is 2.47. The number of benzene rings is 1. The van der Waals surface area contributed by atoms with Gasteiger partial charge in [-0.15, -0.1) is 0 Å². The molecule has 0 radical (unpaired) electrons. The van der Waals surface area contributed by atoms with Crippen LogP contribution in [-0.4, -0.2) is 18.4 Å². The Hall–Kier alpha value is -1.51. The number of nitrogens with zero attached hydrogens (tertiary/aromatic N) is 1. The van der Waals surface area contributed by atoms with Gasteiger partial charge in [0.1, 0.15) is 15.6 Å². The number of thiocarbonyl (C=S) groups is 1. The first-order chi connectivity index (χ1) is 9.42. The normalized spacial score (nSPS) is 11.1. The second kappa shape index (κ2) is 5.86. The van der Waals surface area contributed by atoms with E-state index in [0.29, 0.717) is 10.2 Å². The Kier molecular flexibility index (Phi) is 4.36. The number of hydrogen-bond acceptors (Lipinski definition) is 4. The number of rotatable bonds is 4. The molecule has 0 unspecified atom stereocenters. The van der Waals surface area contributed by atoms with Gasteiger partial charge in [0.25, 0.3) is 10.0 Å². The van der Waals surface area contributed by atoms with Crippen LogP contribution in [0.25, 0.3) is 0 Å². The molecule has 0 fully saturated rings. The first kappa shape index (κ1) is 14.9. The van der Waals surface area contributed by atoms with E-state index in [1.54, 1.807) is 24.3 Å². The summed E-state index contributed by atoms with van der Waals surface area (Å²) in [5.74, 6) is 0. The molecular formula is C12H10BrN3O2S2.